The van der Waals surface area contributed by atoms with Gasteiger partial charge in [0.05, 0.1) is 6.61 Å². The fraction of sp³-hybridized carbons (Fsp3) is 0.312. The Morgan fingerprint density at radius 2 is 2.15 bits per heavy atom. The third kappa shape index (κ3) is 3.78. The number of hydrogen-bond acceptors (Lipinski definition) is 3. The molecule has 106 valence electrons. The maximum absolute atomic E-state index is 13.9. The van der Waals surface area contributed by atoms with Crippen LogP contribution in [-0.2, 0) is 6.42 Å². The van der Waals surface area contributed by atoms with Crippen LogP contribution in [0.25, 0.3) is 0 Å². The van der Waals surface area contributed by atoms with Crippen LogP contribution in [0.4, 0.5) is 4.39 Å². The maximum Gasteiger partial charge on any atom is 0.165 e. The van der Waals surface area contributed by atoms with Gasteiger partial charge in [-0.3, -0.25) is 4.98 Å². The third-order valence-electron chi connectivity index (χ3n) is 3.23. The van der Waals surface area contributed by atoms with Gasteiger partial charge in [-0.25, -0.2) is 4.39 Å². The number of pyridine rings is 1. The topological polar surface area (TPSA) is 34.1 Å². The molecule has 2 aromatic rings. The molecule has 0 fully saturated rings. The lowest BCUT2D eigenvalue weighted by atomic mass is 10.1. The lowest BCUT2D eigenvalue weighted by molar-refractivity contribution is 0.303. The van der Waals surface area contributed by atoms with E-state index < -0.39 is 0 Å². The van der Waals surface area contributed by atoms with Crippen molar-refractivity contribution in [1.29, 1.82) is 0 Å². The molecule has 0 spiro atoms. The van der Waals surface area contributed by atoms with E-state index in [0.29, 0.717) is 13.0 Å². The van der Waals surface area contributed by atoms with Gasteiger partial charge in [0.1, 0.15) is 0 Å². The molecule has 0 saturated carbocycles. The summed E-state index contributed by atoms with van der Waals surface area (Å²) in [7, 11) is 1.85. The molecule has 1 N–H and O–H groups in total. The molecule has 0 aliphatic heterocycles. The van der Waals surface area contributed by atoms with Crippen molar-refractivity contribution >= 4 is 0 Å². The van der Waals surface area contributed by atoms with Crippen LogP contribution < -0.4 is 10.1 Å². The van der Waals surface area contributed by atoms with Gasteiger partial charge in [-0.15, -0.1) is 0 Å². The molecule has 0 bridgehead atoms. The fourth-order valence-electron chi connectivity index (χ4n) is 1.88. The second-order valence-corrected chi connectivity index (χ2v) is 4.62. The van der Waals surface area contributed by atoms with Gasteiger partial charge in [-0.2, -0.15) is 0 Å². The summed E-state index contributed by atoms with van der Waals surface area (Å²) in [5.74, 6) is -0.0430. The van der Waals surface area contributed by atoms with Crippen LogP contribution in [0, 0.1) is 5.82 Å². The first-order valence-electron chi connectivity index (χ1n) is 6.70. The van der Waals surface area contributed by atoms with Gasteiger partial charge in [0.2, 0.25) is 0 Å². The maximum atomic E-state index is 13.9. The van der Waals surface area contributed by atoms with Crippen LogP contribution in [0.2, 0.25) is 0 Å². The molecule has 1 aromatic heterocycles. The van der Waals surface area contributed by atoms with Gasteiger partial charge in [-0.1, -0.05) is 12.1 Å². The van der Waals surface area contributed by atoms with E-state index in [0.717, 1.165) is 11.3 Å². The molecular weight excluding hydrogens is 255 g/mol. The fourth-order valence-corrected chi connectivity index (χ4v) is 1.88. The van der Waals surface area contributed by atoms with Crippen LogP contribution in [0.1, 0.15) is 24.2 Å². The predicted molar refractivity (Wildman–Crippen MR) is 77.3 cm³/mol. The predicted octanol–water partition coefficient (Wildman–Crippen LogP) is 3.12. The highest BCUT2D eigenvalue weighted by molar-refractivity contribution is 5.30. The highest BCUT2D eigenvalue weighted by atomic mass is 19.1. The Morgan fingerprint density at radius 1 is 1.30 bits per heavy atom. The molecule has 1 atom stereocenters. The first-order chi connectivity index (χ1) is 9.70. The second kappa shape index (κ2) is 7.01. The SMILES string of the molecule is CNC(C)c1ccc(OCCc2ccccn2)c(F)c1. The first-order valence-corrected chi connectivity index (χ1v) is 6.70. The van der Waals surface area contributed by atoms with Crippen molar-refractivity contribution in [1.82, 2.24) is 10.3 Å². The van der Waals surface area contributed by atoms with Crippen molar-refractivity contribution < 1.29 is 9.13 Å². The molecule has 20 heavy (non-hydrogen) atoms. The molecule has 0 radical (unpaired) electrons. The molecular formula is C16H19FN2O. The number of halogens is 1. The number of ether oxygens (including phenoxy) is 1. The zero-order valence-electron chi connectivity index (χ0n) is 11.8. The Labute approximate surface area is 118 Å². The summed E-state index contributed by atoms with van der Waals surface area (Å²) < 4.78 is 19.4. The molecule has 0 saturated heterocycles. The second-order valence-electron chi connectivity index (χ2n) is 4.62. The minimum atomic E-state index is -0.328. The van der Waals surface area contributed by atoms with Crippen molar-refractivity contribution in [2.75, 3.05) is 13.7 Å². The van der Waals surface area contributed by atoms with E-state index in [1.165, 1.54) is 6.07 Å². The minimum Gasteiger partial charge on any atom is -0.490 e. The van der Waals surface area contributed by atoms with E-state index in [4.69, 9.17) is 4.74 Å². The molecule has 1 aromatic carbocycles. The van der Waals surface area contributed by atoms with Crippen molar-refractivity contribution in [3.8, 4) is 5.75 Å². The average molecular weight is 274 g/mol. The summed E-state index contributed by atoms with van der Waals surface area (Å²) in [5.41, 5.74) is 1.84. The summed E-state index contributed by atoms with van der Waals surface area (Å²) >= 11 is 0. The number of nitrogens with zero attached hydrogens (tertiary/aromatic N) is 1. The Kier molecular flexibility index (Phi) is 5.07. The van der Waals surface area contributed by atoms with Gasteiger partial charge in [-0.05, 0) is 43.8 Å². The summed E-state index contributed by atoms with van der Waals surface area (Å²) in [4.78, 5) is 4.20. The van der Waals surface area contributed by atoms with Gasteiger partial charge in [0.15, 0.2) is 11.6 Å². The summed E-state index contributed by atoms with van der Waals surface area (Å²) in [6, 6.07) is 10.9. The highest BCUT2D eigenvalue weighted by Crippen LogP contribution is 2.22. The smallest absolute Gasteiger partial charge is 0.165 e. The van der Waals surface area contributed by atoms with Gasteiger partial charge < -0.3 is 10.1 Å². The van der Waals surface area contributed by atoms with Crippen molar-refractivity contribution in [3.05, 3.63) is 59.7 Å². The van der Waals surface area contributed by atoms with Crippen molar-refractivity contribution in [2.24, 2.45) is 0 Å². The Hall–Kier alpha value is -1.94. The Bertz CT molecular complexity index is 545. The normalized spacial score (nSPS) is 12.2. The molecule has 1 heterocycles. The van der Waals surface area contributed by atoms with Crippen LogP contribution in [-0.4, -0.2) is 18.6 Å². The van der Waals surface area contributed by atoms with Crippen LogP contribution in [0.3, 0.4) is 0 Å². The standard InChI is InChI=1S/C16H19FN2O/c1-12(18-2)13-6-7-16(15(17)11-13)20-10-8-14-5-3-4-9-19-14/h3-7,9,11-12,18H,8,10H2,1-2H3. The van der Waals surface area contributed by atoms with E-state index >= 15 is 0 Å². The van der Waals surface area contributed by atoms with E-state index in [1.807, 2.05) is 38.2 Å². The molecule has 0 aliphatic carbocycles. The highest BCUT2D eigenvalue weighted by Gasteiger charge is 2.08. The number of rotatable bonds is 6. The Morgan fingerprint density at radius 3 is 2.80 bits per heavy atom. The van der Waals surface area contributed by atoms with E-state index in [9.17, 15) is 4.39 Å². The summed E-state index contributed by atoms with van der Waals surface area (Å²) in [6.07, 6.45) is 2.40. The molecule has 0 aliphatic rings. The van der Waals surface area contributed by atoms with E-state index in [1.54, 1.807) is 12.3 Å². The molecule has 3 nitrogen and oxygen atoms in total. The largest absolute Gasteiger partial charge is 0.490 e. The summed E-state index contributed by atoms with van der Waals surface area (Å²) in [5, 5.41) is 3.08. The zero-order valence-corrected chi connectivity index (χ0v) is 11.8. The first kappa shape index (κ1) is 14.5. The van der Waals surface area contributed by atoms with Gasteiger partial charge >= 0.3 is 0 Å². The lowest BCUT2D eigenvalue weighted by Gasteiger charge is -2.12. The number of benzene rings is 1. The Balaban J connectivity index is 1.93. The number of nitrogens with one attached hydrogen (secondary N) is 1. The zero-order chi connectivity index (χ0) is 14.4. The van der Waals surface area contributed by atoms with Crippen LogP contribution in [0.15, 0.2) is 42.6 Å². The molecule has 1 unspecified atom stereocenters. The quantitative estimate of drug-likeness (QED) is 0.878. The molecule has 2 rings (SSSR count). The summed E-state index contributed by atoms with van der Waals surface area (Å²) in [6.45, 7) is 2.39. The number of hydrogen-bond donors (Lipinski definition) is 1. The van der Waals surface area contributed by atoms with Gasteiger partial charge in [0.25, 0.3) is 0 Å². The van der Waals surface area contributed by atoms with Crippen molar-refractivity contribution in [3.63, 3.8) is 0 Å². The van der Waals surface area contributed by atoms with E-state index in [-0.39, 0.29) is 17.6 Å². The van der Waals surface area contributed by atoms with Crippen molar-refractivity contribution in [2.45, 2.75) is 19.4 Å². The molecule has 4 heteroatoms. The minimum absolute atomic E-state index is 0.118. The lowest BCUT2D eigenvalue weighted by Crippen LogP contribution is -2.12. The molecule has 0 amide bonds. The third-order valence-corrected chi connectivity index (χ3v) is 3.23. The van der Waals surface area contributed by atoms with E-state index in [2.05, 4.69) is 10.3 Å². The van der Waals surface area contributed by atoms with Crippen LogP contribution >= 0.6 is 0 Å². The average Bonchev–Trinajstić information content (AvgIpc) is 2.49. The van der Waals surface area contributed by atoms with Gasteiger partial charge in [0, 0.05) is 24.4 Å². The monoisotopic (exact) mass is 274 g/mol. The van der Waals surface area contributed by atoms with Crippen LogP contribution in [0.5, 0.6) is 5.75 Å². The number of aromatic nitrogens is 1.